The Balaban J connectivity index is 2.54. The highest BCUT2D eigenvalue weighted by molar-refractivity contribution is 7.11. The second kappa shape index (κ2) is 11.4. The van der Waals surface area contributed by atoms with Gasteiger partial charge in [0.25, 0.3) is 0 Å². The molecule has 4 aromatic carbocycles. The maximum Gasteiger partial charge on any atom is 0.200 e. The topological polar surface area (TPSA) is 0 Å². The van der Waals surface area contributed by atoms with Crippen LogP contribution in [-0.2, 0) is 6.32 Å². The van der Waals surface area contributed by atoms with Gasteiger partial charge in [-0.2, -0.15) is 0 Å². The van der Waals surface area contributed by atoms with E-state index in [9.17, 15) is 57.1 Å². The molecule has 0 heterocycles. The van der Waals surface area contributed by atoms with E-state index in [4.69, 9.17) is 0 Å². The molecule has 0 aliphatic heterocycles. The Bertz CT molecular complexity index is 1700. The van der Waals surface area contributed by atoms with E-state index in [0.717, 1.165) is 0 Å². The van der Waals surface area contributed by atoms with Crippen molar-refractivity contribution in [2.24, 2.45) is 0 Å². The van der Waals surface area contributed by atoms with E-state index in [2.05, 4.69) is 0 Å². The number of rotatable bonds is 5. The van der Waals surface area contributed by atoms with E-state index in [1.807, 2.05) is 0 Å². The van der Waals surface area contributed by atoms with E-state index >= 15 is 26.3 Å². The summed E-state index contributed by atoms with van der Waals surface area (Å²) in [6, 6.07) is 0. The molecule has 0 atom stereocenters. The predicted octanol–water partition coefficient (Wildman–Crippen LogP) is 6.89. The Kier molecular flexibility index (Phi) is 8.58. The first kappa shape index (κ1) is 34.5. The van der Waals surface area contributed by atoms with Crippen molar-refractivity contribution in [3.8, 4) is 0 Å². The van der Waals surface area contributed by atoms with Crippen LogP contribution in [0.3, 0.4) is 0 Å². The molecule has 4 rings (SSSR count). The lowest BCUT2D eigenvalue weighted by Gasteiger charge is -2.44. The molecule has 46 heavy (non-hydrogen) atoms. The molecule has 246 valence electrons. The second-order valence-electron chi connectivity index (χ2n) is 9.56. The standard InChI is InChI=1S/C26H5BF19/c1-3-8(28)12(32)5(13(33)9(3)29)27(6-14(34)20(40)25(45)21(41)15(6)35,7-16(36)22(42)26(46)23(43)17(7)37)2-4-10(30)18(38)24(44)19(39)11(4)31/h2H2,1H3/q-1. The number of hydrogen-bond donors (Lipinski definition) is 0. The molecule has 0 unspecified atom stereocenters. The predicted molar refractivity (Wildman–Crippen MR) is 118 cm³/mol. The fourth-order valence-corrected chi connectivity index (χ4v) is 5.18. The molecular formula is C26H5BF19-. The quantitative estimate of drug-likeness (QED) is 0.0928. The molecule has 0 aliphatic carbocycles. The van der Waals surface area contributed by atoms with Crippen LogP contribution in [0, 0.1) is 117 Å². The first-order valence-corrected chi connectivity index (χ1v) is 11.7. The van der Waals surface area contributed by atoms with Gasteiger partial charge in [0.1, 0.15) is 41.0 Å². The number of benzene rings is 4. The molecule has 20 heteroatoms. The molecule has 0 aromatic heterocycles. The van der Waals surface area contributed by atoms with Gasteiger partial charge in [0.2, 0.25) is 5.82 Å². The van der Waals surface area contributed by atoms with Gasteiger partial charge < -0.3 is 0 Å². The van der Waals surface area contributed by atoms with Crippen molar-refractivity contribution < 1.29 is 83.4 Å². The van der Waals surface area contributed by atoms with E-state index in [0.29, 0.717) is 0 Å². The first-order valence-electron chi connectivity index (χ1n) is 11.7. The van der Waals surface area contributed by atoms with E-state index in [1.165, 1.54) is 0 Å². The largest absolute Gasteiger partial charge is 0.207 e. The summed E-state index contributed by atoms with van der Waals surface area (Å²) >= 11 is 0. The summed E-state index contributed by atoms with van der Waals surface area (Å²) in [6.07, 6.45) is -9.53. The first-order chi connectivity index (χ1) is 21.2. The Morgan fingerprint density at radius 3 is 0.739 bits per heavy atom. The van der Waals surface area contributed by atoms with Crippen LogP contribution >= 0.6 is 0 Å². The zero-order valence-corrected chi connectivity index (χ0v) is 21.5. The summed E-state index contributed by atoms with van der Waals surface area (Å²) in [7, 11) is 0. The van der Waals surface area contributed by atoms with Crippen LogP contribution in [0.5, 0.6) is 0 Å². The van der Waals surface area contributed by atoms with Crippen molar-refractivity contribution in [2.75, 3.05) is 0 Å². The molecule has 0 saturated carbocycles. The molecule has 0 saturated heterocycles. The molecule has 0 fully saturated rings. The van der Waals surface area contributed by atoms with Crippen LogP contribution in [0.4, 0.5) is 83.4 Å². The van der Waals surface area contributed by atoms with Gasteiger partial charge in [-0.25, -0.2) is 83.4 Å². The van der Waals surface area contributed by atoms with Gasteiger partial charge in [-0.05, 0) is 12.5 Å². The van der Waals surface area contributed by atoms with Crippen molar-refractivity contribution in [1.29, 1.82) is 0 Å². The van der Waals surface area contributed by atoms with Gasteiger partial charge >= 0.3 is 0 Å². The highest BCUT2D eigenvalue weighted by atomic mass is 19.2. The normalized spacial score (nSPS) is 12.0. The van der Waals surface area contributed by atoms with Crippen LogP contribution in [0.2, 0.25) is 0 Å². The number of halogens is 19. The van der Waals surface area contributed by atoms with E-state index in [1.54, 1.807) is 0 Å². The van der Waals surface area contributed by atoms with Gasteiger partial charge in [0.05, 0.1) is 0 Å². The zero-order valence-electron chi connectivity index (χ0n) is 21.5. The fraction of sp³-hybridized carbons (Fsp3) is 0.0769. The summed E-state index contributed by atoms with van der Waals surface area (Å²) in [6.45, 7) is 0.205. The lowest BCUT2D eigenvalue weighted by Crippen LogP contribution is -2.75. The maximum absolute atomic E-state index is 15.6. The van der Waals surface area contributed by atoms with E-state index < -0.39 is 151 Å². The zero-order chi connectivity index (χ0) is 35.1. The van der Waals surface area contributed by atoms with Gasteiger partial charge in [0.15, 0.2) is 69.8 Å². The monoisotopic (exact) mass is 689 g/mol. The lowest BCUT2D eigenvalue weighted by molar-refractivity contribution is 0.371. The van der Waals surface area contributed by atoms with Crippen molar-refractivity contribution >= 4 is 22.5 Å². The minimum Gasteiger partial charge on any atom is -0.207 e. The Labute approximate surface area is 241 Å². The van der Waals surface area contributed by atoms with Gasteiger partial charge in [-0.1, -0.05) is 0 Å². The molecule has 0 nitrogen and oxygen atoms in total. The van der Waals surface area contributed by atoms with Crippen LogP contribution in [0.1, 0.15) is 11.1 Å². The summed E-state index contributed by atoms with van der Waals surface area (Å²) in [5.74, 6) is -60.9. The summed E-state index contributed by atoms with van der Waals surface area (Å²) in [4.78, 5) is 0. The van der Waals surface area contributed by atoms with Crippen LogP contribution in [0.15, 0.2) is 0 Å². The third-order valence-electron chi connectivity index (χ3n) is 7.29. The maximum atomic E-state index is 15.6. The second-order valence-corrected chi connectivity index (χ2v) is 9.56. The van der Waals surface area contributed by atoms with Gasteiger partial charge in [0, 0.05) is 5.56 Å². The van der Waals surface area contributed by atoms with Crippen molar-refractivity contribution in [3.05, 3.63) is 122 Å². The average molecular weight is 689 g/mol. The van der Waals surface area contributed by atoms with Gasteiger partial charge in [-0.15, -0.1) is 22.7 Å². The summed E-state index contributed by atoms with van der Waals surface area (Å²) in [5.41, 5.74) is -13.8. The molecule has 0 amide bonds. The van der Waals surface area contributed by atoms with Crippen molar-refractivity contribution in [3.63, 3.8) is 0 Å². The minimum absolute atomic E-state index is 0.205. The smallest absolute Gasteiger partial charge is 0.200 e. The van der Waals surface area contributed by atoms with Crippen molar-refractivity contribution in [1.82, 2.24) is 0 Å². The molecule has 4 aromatic rings. The van der Waals surface area contributed by atoms with Crippen LogP contribution in [-0.4, -0.2) is 6.15 Å². The van der Waals surface area contributed by atoms with Gasteiger partial charge in [-0.3, -0.25) is 0 Å². The fourth-order valence-electron chi connectivity index (χ4n) is 5.18. The third kappa shape index (κ3) is 4.50. The molecule has 0 spiro atoms. The summed E-state index contributed by atoms with van der Waals surface area (Å²) in [5, 5.41) is 0. The summed E-state index contributed by atoms with van der Waals surface area (Å²) < 4.78 is 281. The third-order valence-corrected chi connectivity index (χ3v) is 7.29. The van der Waals surface area contributed by atoms with Crippen LogP contribution < -0.4 is 16.4 Å². The average Bonchev–Trinajstić information content (AvgIpc) is 3.02. The molecule has 0 N–H and O–H groups in total. The highest BCUT2D eigenvalue weighted by Gasteiger charge is 2.49. The Morgan fingerprint density at radius 1 is 0.283 bits per heavy atom. The molecular weight excluding hydrogens is 684 g/mol. The Morgan fingerprint density at radius 2 is 0.478 bits per heavy atom. The van der Waals surface area contributed by atoms with Crippen molar-refractivity contribution in [2.45, 2.75) is 13.2 Å². The molecule has 0 radical (unpaired) electrons. The SMILES string of the molecule is Cc1c(F)c(F)c([B-](Cc2c(F)c(F)c(F)c(F)c2F)(c2c(F)c(F)c(F)c(F)c2F)c2c(F)c(F)c(F)c(F)c2F)c(F)c1F. The minimum atomic E-state index is -6.44. The molecule has 0 bridgehead atoms. The Hall–Kier alpha value is -4.39. The number of hydrogen-bond acceptors (Lipinski definition) is 0. The molecule has 0 aliphatic rings. The van der Waals surface area contributed by atoms with Crippen LogP contribution in [0.25, 0.3) is 0 Å². The highest BCUT2D eigenvalue weighted by Crippen LogP contribution is 2.32. The van der Waals surface area contributed by atoms with E-state index in [-0.39, 0.29) is 6.92 Å². The lowest BCUT2D eigenvalue weighted by atomic mass is 9.13.